The van der Waals surface area contributed by atoms with Crippen LogP contribution < -0.4 is 4.72 Å². The zero-order chi connectivity index (χ0) is 19.6. The highest BCUT2D eigenvalue weighted by Crippen LogP contribution is 2.29. The van der Waals surface area contributed by atoms with Crippen molar-refractivity contribution in [1.82, 2.24) is 19.7 Å². The van der Waals surface area contributed by atoms with Crippen LogP contribution in [-0.2, 0) is 16.4 Å². The van der Waals surface area contributed by atoms with Crippen LogP contribution >= 0.6 is 0 Å². The van der Waals surface area contributed by atoms with Crippen LogP contribution in [0.25, 0.3) is 16.8 Å². The van der Waals surface area contributed by atoms with Gasteiger partial charge in [0.1, 0.15) is 5.82 Å². The first kappa shape index (κ1) is 19.0. The van der Waals surface area contributed by atoms with Crippen molar-refractivity contribution in [3.05, 3.63) is 53.7 Å². The molecule has 142 valence electrons. The Hall–Kier alpha value is -2.74. The average molecular weight is 385 g/mol. The topological polar surface area (TPSA) is 89.8 Å². The van der Waals surface area contributed by atoms with Gasteiger partial charge in [0.25, 0.3) is 0 Å². The average Bonchev–Trinajstić information content (AvgIpc) is 2.90. The first-order valence-electron chi connectivity index (χ1n) is 8.74. The lowest BCUT2D eigenvalue weighted by Gasteiger charge is -2.08. The van der Waals surface area contributed by atoms with E-state index in [1.54, 1.807) is 12.3 Å². The Bertz CT molecular complexity index is 1060. The van der Waals surface area contributed by atoms with Crippen LogP contribution in [-0.4, -0.2) is 34.4 Å². The van der Waals surface area contributed by atoms with Gasteiger partial charge in [-0.25, -0.2) is 18.1 Å². The van der Waals surface area contributed by atoms with Gasteiger partial charge >= 0.3 is 0 Å². The molecule has 27 heavy (non-hydrogen) atoms. The van der Waals surface area contributed by atoms with E-state index in [0.29, 0.717) is 5.82 Å². The van der Waals surface area contributed by atoms with Crippen LogP contribution in [0, 0.1) is 13.8 Å². The van der Waals surface area contributed by atoms with E-state index in [2.05, 4.69) is 32.8 Å². The molecule has 3 rings (SSSR count). The highest BCUT2D eigenvalue weighted by Gasteiger charge is 2.15. The molecule has 0 unspecified atom stereocenters. The number of sulfonamides is 1. The van der Waals surface area contributed by atoms with Crippen molar-refractivity contribution in [3.8, 4) is 16.8 Å². The Morgan fingerprint density at radius 2 is 1.93 bits per heavy atom. The molecule has 0 saturated heterocycles. The number of pyridine rings is 2. The molecule has 8 heteroatoms. The summed E-state index contributed by atoms with van der Waals surface area (Å²) in [6.07, 6.45) is 6.53. The van der Waals surface area contributed by atoms with E-state index in [0.717, 1.165) is 53.0 Å². The van der Waals surface area contributed by atoms with Crippen LogP contribution in [0.1, 0.15) is 30.4 Å². The summed E-state index contributed by atoms with van der Waals surface area (Å²) < 4.78 is 26.9. The van der Waals surface area contributed by atoms with Crippen LogP contribution in [0.3, 0.4) is 0 Å². The molecule has 0 atom stereocenters. The molecule has 0 amide bonds. The molecule has 0 aliphatic carbocycles. The van der Waals surface area contributed by atoms with Crippen molar-refractivity contribution in [3.63, 3.8) is 0 Å². The predicted molar refractivity (Wildman–Crippen MR) is 107 cm³/mol. The minimum absolute atomic E-state index is 0.294. The summed E-state index contributed by atoms with van der Waals surface area (Å²) in [4.78, 5) is 8.61. The van der Waals surface area contributed by atoms with Gasteiger partial charge in [-0.15, -0.1) is 0 Å². The molecule has 0 spiro atoms. The van der Waals surface area contributed by atoms with E-state index in [-0.39, 0.29) is 0 Å². The predicted octanol–water partition coefficient (Wildman–Crippen LogP) is 3.27. The molecule has 3 aromatic rings. The monoisotopic (exact) mass is 385 g/mol. The molecule has 3 heterocycles. The molecule has 1 N–H and O–H groups in total. The molecule has 0 aliphatic heterocycles. The normalized spacial score (nSPS) is 11.6. The summed E-state index contributed by atoms with van der Waals surface area (Å²) in [7, 11) is -3.35. The Morgan fingerprint density at radius 3 is 2.56 bits per heavy atom. The van der Waals surface area contributed by atoms with Crippen LogP contribution in [0.15, 0.2) is 36.7 Å². The van der Waals surface area contributed by atoms with Crippen molar-refractivity contribution < 1.29 is 8.42 Å². The first-order chi connectivity index (χ1) is 12.8. The third kappa shape index (κ3) is 4.33. The van der Waals surface area contributed by atoms with Crippen molar-refractivity contribution in [2.24, 2.45) is 0 Å². The molecule has 3 aromatic heterocycles. The molecule has 0 bridgehead atoms. The van der Waals surface area contributed by atoms with Gasteiger partial charge in [0.15, 0.2) is 0 Å². The molecular formula is C19H23N5O2S. The van der Waals surface area contributed by atoms with Crippen molar-refractivity contribution >= 4 is 15.8 Å². The molecule has 0 radical (unpaired) electrons. The van der Waals surface area contributed by atoms with E-state index < -0.39 is 10.0 Å². The van der Waals surface area contributed by atoms with E-state index in [1.807, 2.05) is 36.9 Å². The molecule has 0 saturated carbocycles. The van der Waals surface area contributed by atoms with Crippen molar-refractivity contribution in [2.45, 2.75) is 33.6 Å². The SMILES string of the molecule is CCCc1cc(-n2nc(C)c(-c3ccc(NS(C)(=O)=O)nc3)c2C)ccn1. The third-order valence-electron chi connectivity index (χ3n) is 4.18. The molecule has 0 aromatic carbocycles. The largest absolute Gasteiger partial charge is 0.268 e. The lowest BCUT2D eigenvalue weighted by atomic mass is 10.1. The fourth-order valence-electron chi connectivity index (χ4n) is 3.09. The minimum atomic E-state index is -3.35. The second kappa shape index (κ2) is 7.48. The van der Waals surface area contributed by atoms with Gasteiger partial charge < -0.3 is 0 Å². The maximum absolute atomic E-state index is 11.3. The summed E-state index contributed by atoms with van der Waals surface area (Å²) in [5.41, 5.74) is 5.77. The van der Waals surface area contributed by atoms with Gasteiger partial charge in [-0.2, -0.15) is 5.10 Å². The van der Waals surface area contributed by atoms with Gasteiger partial charge in [-0.05, 0) is 44.5 Å². The fraction of sp³-hybridized carbons (Fsp3) is 0.316. The van der Waals surface area contributed by atoms with E-state index in [9.17, 15) is 8.42 Å². The highest BCUT2D eigenvalue weighted by atomic mass is 32.2. The van der Waals surface area contributed by atoms with Crippen LogP contribution in [0.4, 0.5) is 5.82 Å². The van der Waals surface area contributed by atoms with Gasteiger partial charge in [0, 0.05) is 34.9 Å². The van der Waals surface area contributed by atoms with Gasteiger partial charge in [-0.3, -0.25) is 9.71 Å². The number of rotatable bonds is 6. The Morgan fingerprint density at radius 1 is 1.15 bits per heavy atom. The van der Waals surface area contributed by atoms with Gasteiger partial charge in [-0.1, -0.05) is 13.3 Å². The number of aryl methyl sites for hydroxylation is 2. The van der Waals surface area contributed by atoms with E-state index >= 15 is 0 Å². The zero-order valence-electron chi connectivity index (χ0n) is 15.9. The van der Waals surface area contributed by atoms with Crippen molar-refractivity contribution in [2.75, 3.05) is 11.0 Å². The number of nitrogens with zero attached hydrogens (tertiary/aromatic N) is 4. The highest BCUT2D eigenvalue weighted by molar-refractivity contribution is 7.92. The standard InChI is InChI=1S/C19H23N5O2S/c1-5-6-16-11-17(9-10-20-16)24-14(3)19(13(2)22-24)15-7-8-18(21-12-15)23-27(4,25)26/h7-12H,5-6H2,1-4H3,(H,21,23). The smallest absolute Gasteiger partial charge is 0.230 e. The molecular weight excluding hydrogens is 362 g/mol. The first-order valence-corrected chi connectivity index (χ1v) is 10.6. The summed E-state index contributed by atoms with van der Waals surface area (Å²) in [5.74, 6) is 0.294. The lowest BCUT2D eigenvalue weighted by molar-refractivity contribution is 0.606. The molecule has 7 nitrogen and oxygen atoms in total. The van der Waals surface area contributed by atoms with Crippen LogP contribution in [0.2, 0.25) is 0 Å². The number of anilines is 1. The summed E-state index contributed by atoms with van der Waals surface area (Å²) in [6.45, 7) is 6.10. The maximum atomic E-state index is 11.3. The van der Waals surface area contributed by atoms with Crippen molar-refractivity contribution in [1.29, 1.82) is 0 Å². The molecule has 0 fully saturated rings. The maximum Gasteiger partial charge on any atom is 0.230 e. The third-order valence-corrected chi connectivity index (χ3v) is 4.76. The number of nitrogens with one attached hydrogen (secondary N) is 1. The number of aromatic nitrogens is 4. The van der Waals surface area contributed by atoms with Gasteiger partial charge in [0.05, 0.1) is 17.6 Å². The Labute approximate surface area is 159 Å². The second-order valence-electron chi connectivity index (χ2n) is 6.52. The summed E-state index contributed by atoms with van der Waals surface area (Å²) >= 11 is 0. The number of hydrogen-bond donors (Lipinski definition) is 1. The lowest BCUT2D eigenvalue weighted by Crippen LogP contribution is -2.10. The Kier molecular flexibility index (Phi) is 5.27. The fourth-order valence-corrected chi connectivity index (χ4v) is 3.59. The van der Waals surface area contributed by atoms with Gasteiger partial charge in [0.2, 0.25) is 10.0 Å². The van der Waals surface area contributed by atoms with E-state index in [1.165, 1.54) is 0 Å². The minimum Gasteiger partial charge on any atom is -0.268 e. The second-order valence-corrected chi connectivity index (χ2v) is 8.27. The molecule has 0 aliphatic rings. The van der Waals surface area contributed by atoms with E-state index in [4.69, 9.17) is 0 Å². The summed E-state index contributed by atoms with van der Waals surface area (Å²) in [6, 6.07) is 7.50. The quantitative estimate of drug-likeness (QED) is 0.703. The Balaban J connectivity index is 1.98. The van der Waals surface area contributed by atoms with Crippen LogP contribution in [0.5, 0.6) is 0 Å². The summed E-state index contributed by atoms with van der Waals surface area (Å²) in [5, 5.41) is 4.69. The number of hydrogen-bond acceptors (Lipinski definition) is 5. The zero-order valence-corrected chi connectivity index (χ0v) is 16.7.